The van der Waals surface area contributed by atoms with Crippen LogP contribution < -0.4 is 5.32 Å². The van der Waals surface area contributed by atoms with Crippen molar-refractivity contribution in [2.45, 2.75) is 0 Å². The Morgan fingerprint density at radius 1 is 1.00 bits per heavy atom. The number of hydrogen-bond donors (Lipinski definition) is 3. The average Bonchev–Trinajstić information content (AvgIpc) is 1.94. The Morgan fingerprint density at radius 3 is 1.56 bits per heavy atom. The lowest BCUT2D eigenvalue weighted by Crippen LogP contribution is -2.21. The third kappa shape index (κ3) is 18.4. The van der Waals surface area contributed by atoms with Crippen LogP contribution in [0.1, 0.15) is 0 Å². The summed E-state index contributed by atoms with van der Waals surface area (Å²) in [6.45, 7) is 7.42. The summed E-state index contributed by atoms with van der Waals surface area (Å²) in [6, 6.07) is 0. The Hall–Kier alpha value is -0.380. The largest absolute Gasteiger partial charge is 0.395 e. The lowest BCUT2D eigenvalue weighted by Gasteiger charge is -1.94. The topological polar surface area (TPSA) is 52.5 Å². The van der Waals surface area contributed by atoms with Crippen LogP contribution in [-0.4, -0.2) is 36.5 Å². The number of nitrogens with one attached hydrogen (secondary N) is 1. The summed E-state index contributed by atoms with van der Waals surface area (Å²) in [7, 11) is 0. The second-order valence-electron chi connectivity index (χ2n) is 1.20. The minimum atomic E-state index is 0.139. The van der Waals surface area contributed by atoms with Crippen LogP contribution in [0.2, 0.25) is 0 Å². The van der Waals surface area contributed by atoms with E-state index in [0.29, 0.717) is 13.1 Å². The molecule has 0 radical (unpaired) electrons. The minimum Gasteiger partial charge on any atom is -0.395 e. The van der Waals surface area contributed by atoms with Crippen molar-refractivity contribution >= 4 is 0 Å². The van der Waals surface area contributed by atoms with Crippen molar-refractivity contribution in [3.63, 3.8) is 0 Å². The Balaban J connectivity index is 0. The van der Waals surface area contributed by atoms with E-state index in [0.717, 1.165) is 0 Å². The van der Waals surface area contributed by atoms with Crippen molar-refractivity contribution in [1.29, 1.82) is 0 Å². The highest BCUT2D eigenvalue weighted by atomic mass is 16.3. The molecule has 0 heterocycles. The summed E-state index contributed by atoms with van der Waals surface area (Å²) in [4.78, 5) is 0. The highest BCUT2D eigenvalue weighted by Crippen LogP contribution is 1.54. The molecule has 0 aromatic rings. The lowest BCUT2D eigenvalue weighted by atomic mass is 10.6. The van der Waals surface area contributed by atoms with Gasteiger partial charge in [-0.3, -0.25) is 0 Å². The molecule has 3 nitrogen and oxygen atoms in total. The molecule has 9 heavy (non-hydrogen) atoms. The molecule has 0 amide bonds. The van der Waals surface area contributed by atoms with Crippen LogP contribution in [0.3, 0.4) is 0 Å². The van der Waals surface area contributed by atoms with Crippen LogP contribution in [0.5, 0.6) is 0 Å². The highest BCUT2D eigenvalue weighted by Gasteiger charge is 1.78. The van der Waals surface area contributed by atoms with E-state index in [9.17, 15) is 0 Å². The van der Waals surface area contributed by atoms with E-state index in [2.05, 4.69) is 18.5 Å². The quantitative estimate of drug-likeness (QED) is 0.353. The molecule has 0 rings (SSSR count). The van der Waals surface area contributed by atoms with Crippen molar-refractivity contribution in [2.24, 2.45) is 0 Å². The zero-order valence-corrected chi connectivity index (χ0v) is 5.64. The van der Waals surface area contributed by atoms with Gasteiger partial charge in [-0.05, 0) is 0 Å². The smallest absolute Gasteiger partial charge is 0.0555 e. The van der Waals surface area contributed by atoms with Crippen LogP contribution in [0, 0.1) is 0 Å². The molecule has 0 aromatic heterocycles. The summed E-state index contributed by atoms with van der Waals surface area (Å²) < 4.78 is 0. The SMILES string of the molecule is C=C.OCCNCCO. The molecule has 3 heteroatoms. The van der Waals surface area contributed by atoms with Gasteiger partial charge in [0.1, 0.15) is 0 Å². The van der Waals surface area contributed by atoms with Crippen LogP contribution in [-0.2, 0) is 0 Å². The highest BCUT2D eigenvalue weighted by molar-refractivity contribution is 4.39. The van der Waals surface area contributed by atoms with Gasteiger partial charge in [0.2, 0.25) is 0 Å². The first kappa shape index (κ1) is 11.4. The monoisotopic (exact) mass is 133 g/mol. The molecule has 0 spiro atoms. The van der Waals surface area contributed by atoms with Gasteiger partial charge in [-0.1, -0.05) is 0 Å². The van der Waals surface area contributed by atoms with Crippen LogP contribution >= 0.6 is 0 Å². The van der Waals surface area contributed by atoms with Gasteiger partial charge >= 0.3 is 0 Å². The fourth-order valence-electron chi connectivity index (χ4n) is 0.283. The first-order valence-electron chi connectivity index (χ1n) is 2.84. The lowest BCUT2D eigenvalue weighted by molar-refractivity contribution is 0.267. The predicted octanol–water partition coefficient (Wildman–Crippen LogP) is -0.637. The summed E-state index contributed by atoms with van der Waals surface area (Å²) >= 11 is 0. The molecule has 0 aliphatic carbocycles. The molecule has 0 saturated heterocycles. The molecule has 0 saturated carbocycles. The van der Waals surface area contributed by atoms with Gasteiger partial charge in [0.05, 0.1) is 13.2 Å². The van der Waals surface area contributed by atoms with E-state index < -0.39 is 0 Å². The molecule has 56 valence electrons. The standard InChI is InChI=1S/C4H11NO2.C2H4/c6-3-1-5-2-4-7;1-2/h5-7H,1-4H2;1-2H2. The van der Waals surface area contributed by atoms with Gasteiger partial charge in [-0.15, -0.1) is 13.2 Å². The van der Waals surface area contributed by atoms with Crippen molar-refractivity contribution in [3.05, 3.63) is 13.2 Å². The molecule has 0 atom stereocenters. The zero-order valence-electron chi connectivity index (χ0n) is 5.64. The molecule has 0 aliphatic heterocycles. The van der Waals surface area contributed by atoms with Gasteiger partial charge < -0.3 is 15.5 Å². The van der Waals surface area contributed by atoms with Gasteiger partial charge in [0, 0.05) is 13.1 Å². The Bertz CT molecular complexity index is 38.0. The molecule has 0 bridgehead atoms. The van der Waals surface area contributed by atoms with E-state index >= 15 is 0 Å². The van der Waals surface area contributed by atoms with E-state index in [4.69, 9.17) is 10.2 Å². The maximum absolute atomic E-state index is 8.15. The average molecular weight is 133 g/mol. The summed E-state index contributed by atoms with van der Waals surface area (Å²) in [5, 5.41) is 19.1. The number of aliphatic hydroxyl groups is 2. The first-order valence-corrected chi connectivity index (χ1v) is 2.84. The van der Waals surface area contributed by atoms with Crippen LogP contribution in [0.25, 0.3) is 0 Å². The maximum atomic E-state index is 8.15. The number of aliphatic hydroxyl groups excluding tert-OH is 2. The predicted molar refractivity (Wildman–Crippen MR) is 38.3 cm³/mol. The summed E-state index contributed by atoms with van der Waals surface area (Å²) in [6.07, 6.45) is 0. The van der Waals surface area contributed by atoms with Gasteiger partial charge in [0.25, 0.3) is 0 Å². The number of hydrogen-bond acceptors (Lipinski definition) is 3. The molecular weight excluding hydrogens is 118 g/mol. The Kier molecular flexibility index (Phi) is 19.9. The van der Waals surface area contributed by atoms with Gasteiger partial charge in [0.15, 0.2) is 0 Å². The van der Waals surface area contributed by atoms with E-state index in [1.165, 1.54) is 0 Å². The fourth-order valence-corrected chi connectivity index (χ4v) is 0.283. The van der Waals surface area contributed by atoms with Gasteiger partial charge in [-0.2, -0.15) is 0 Å². The summed E-state index contributed by atoms with van der Waals surface area (Å²) in [5.74, 6) is 0. The van der Waals surface area contributed by atoms with Crippen molar-refractivity contribution < 1.29 is 10.2 Å². The second-order valence-corrected chi connectivity index (χ2v) is 1.20. The minimum absolute atomic E-state index is 0.139. The Labute approximate surface area is 56.0 Å². The van der Waals surface area contributed by atoms with Crippen LogP contribution in [0.4, 0.5) is 0 Å². The molecule has 0 unspecified atom stereocenters. The number of rotatable bonds is 4. The van der Waals surface area contributed by atoms with E-state index in [1.54, 1.807) is 0 Å². The fraction of sp³-hybridized carbons (Fsp3) is 0.667. The molecule has 0 aliphatic rings. The van der Waals surface area contributed by atoms with Crippen molar-refractivity contribution in [1.82, 2.24) is 5.32 Å². The summed E-state index contributed by atoms with van der Waals surface area (Å²) in [5.41, 5.74) is 0. The third-order valence-corrected chi connectivity index (χ3v) is 0.577. The molecule has 0 fully saturated rings. The van der Waals surface area contributed by atoms with Crippen molar-refractivity contribution in [3.8, 4) is 0 Å². The molecule has 3 N–H and O–H groups in total. The van der Waals surface area contributed by atoms with Crippen LogP contribution in [0.15, 0.2) is 13.2 Å². The van der Waals surface area contributed by atoms with Gasteiger partial charge in [-0.25, -0.2) is 0 Å². The third-order valence-electron chi connectivity index (χ3n) is 0.577. The maximum Gasteiger partial charge on any atom is 0.0555 e. The van der Waals surface area contributed by atoms with Crippen molar-refractivity contribution in [2.75, 3.05) is 26.3 Å². The second kappa shape index (κ2) is 15.6. The molecule has 0 aromatic carbocycles. The van der Waals surface area contributed by atoms with E-state index in [1.807, 2.05) is 0 Å². The zero-order chi connectivity index (χ0) is 7.54. The normalized spacial score (nSPS) is 7.78. The first-order chi connectivity index (χ1) is 4.41. The Morgan fingerprint density at radius 2 is 1.33 bits per heavy atom. The van der Waals surface area contributed by atoms with E-state index in [-0.39, 0.29) is 13.2 Å². The molecular formula is C6H15NO2.